The predicted molar refractivity (Wildman–Crippen MR) is 157 cm³/mol. The lowest BCUT2D eigenvalue weighted by Crippen LogP contribution is -2.45. The molecule has 6 rings (SSSR count). The molecule has 1 aromatic heterocycles. The number of nitro groups is 1. The first kappa shape index (κ1) is 30.1. The molecule has 14 heteroatoms. The topological polar surface area (TPSA) is 104 Å². The highest BCUT2D eigenvalue weighted by Crippen LogP contribution is 2.29. The van der Waals surface area contributed by atoms with E-state index in [0.717, 1.165) is 49.7 Å². The zero-order chi connectivity index (χ0) is 31.4. The Balaban J connectivity index is 0.925. The van der Waals surface area contributed by atoms with Gasteiger partial charge in [-0.25, -0.2) is 0 Å². The van der Waals surface area contributed by atoms with Crippen LogP contribution in [-0.2, 0) is 13.1 Å². The van der Waals surface area contributed by atoms with Crippen LogP contribution < -0.4 is 23.8 Å². The first-order valence-electron chi connectivity index (χ1n) is 14.4. The summed E-state index contributed by atoms with van der Waals surface area (Å²) in [4.78, 5) is 19.1. The van der Waals surface area contributed by atoms with Gasteiger partial charge in [0.25, 0.3) is 0 Å². The van der Waals surface area contributed by atoms with Crippen molar-refractivity contribution in [3.05, 3.63) is 94.7 Å². The molecule has 0 amide bonds. The van der Waals surface area contributed by atoms with Gasteiger partial charge in [0.2, 0.25) is 0 Å². The van der Waals surface area contributed by atoms with Crippen LogP contribution in [0.15, 0.2) is 79.0 Å². The standard InChI is InChI=1S/C31H30F3N5O6/c32-31(33,34)45-27-11-9-26(10-12-27)43-25-5-1-22(2-6-25)19-36-15-17-37(18-16-36)23-3-7-24(8-4-23)42-21-28-13-14-38-20-29(39(40)41)35-30(38)44-28/h1-12,20,28H,13-19,21H2/t28-/m1/s1. The van der Waals surface area contributed by atoms with Gasteiger partial charge in [-0.3, -0.25) is 9.47 Å². The predicted octanol–water partition coefficient (Wildman–Crippen LogP) is 6.03. The Kier molecular flexibility index (Phi) is 8.65. The van der Waals surface area contributed by atoms with Crippen LogP contribution in [-0.4, -0.2) is 64.6 Å². The summed E-state index contributed by atoms with van der Waals surface area (Å²) in [6.45, 7) is 5.25. The molecule has 2 aliphatic heterocycles. The molecule has 0 aliphatic carbocycles. The number of benzene rings is 3. The highest BCUT2D eigenvalue weighted by molar-refractivity contribution is 5.49. The Bertz CT molecular complexity index is 1590. The molecule has 1 atom stereocenters. The Labute approximate surface area is 256 Å². The van der Waals surface area contributed by atoms with Gasteiger partial charge in [0.15, 0.2) is 0 Å². The van der Waals surface area contributed by atoms with Gasteiger partial charge >= 0.3 is 18.2 Å². The summed E-state index contributed by atoms with van der Waals surface area (Å²) in [5.74, 6) is 1.20. The number of aryl methyl sites for hydroxylation is 1. The van der Waals surface area contributed by atoms with Crippen LogP contribution in [0.3, 0.4) is 0 Å². The maximum Gasteiger partial charge on any atom is 0.573 e. The smallest absolute Gasteiger partial charge is 0.490 e. The molecule has 2 aliphatic rings. The van der Waals surface area contributed by atoms with Crippen LogP contribution >= 0.6 is 0 Å². The SMILES string of the molecule is O=[N+]([O-])c1cn2c(n1)O[C@@H](COc1ccc(N3CCN(Cc4ccc(Oc5ccc(OC(F)(F)F)cc5)cc4)CC3)cc1)CC2. The number of anilines is 1. The van der Waals surface area contributed by atoms with Crippen LogP contribution in [0.25, 0.3) is 0 Å². The Hall–Kier alpha value is -4.98. The Morgan fingerprint density at radius 1 is 0.867 bits per heavy atom. The molecule has 3 aromatic carbocycles. The number of ether oxygens (including phenoxy) is 4. The zero-order valence-electron chi connectivity index (χ0n) is 24.1. The fraction of sp³-hybridized carbons (Fsp3) is 0.323. The quantitative estimate of drug-likeness (QED) is 0.154. The highest BCUT2D eigenvalue weighted by atomic mass is 19.4. The van der Waals surface area contributed by atoms with E-state index >= 15 is 0 Å². The van der Waals surface area contributed by atoms with Crippen LogP contribution in [0.5, 0.6) is 29.0 Å². The van der Waals surface area contributed by atoms with Crippen molar-refractivity contribution in [3.8, 4) is 29.0 Å². The van der Waals surface area contributed by atoms with Gasteiger partial charge < -0.3 is 34.0 Å². The number of aromatic nitrogens is 2. The van der Waals surface area contributed by atoms with E-state index in [-0.39, 0.29) is 23.7 Å². The largest absolute Gasteiger partial charge is 0.573 e. The van der Waals surface area contributed by atoms with Gasteiger partial charge in [0.05, 0.1) is 0 Å². The molecule has 0 N–H and O–H groups in total. The van der Waals surface area contributed by atoms with Crippen molar-refractivity contribution < 1.29 is 37.0 Å². The second-order valence-electron chi connectivity index (χ2n) is 10.7. The van der Waals surface area contributed by atoms with E-state index in [9.17, 15) is 23.3 Å². The van der Waals surface area contributed by atoms with Gasteiger partial charge in [0.1, 0.15) is 41.9 Å². The van der Waals surface area contributed by atoms with E-state index < -0.39 is 11.3 Å². The van der Waals surface area contributed by atoms with Crippen molar-refractivity contribution in [2.75, 3.05) is 37.7 Å². The lowest BCUT2D eigenvalue weighted by Gasteiger charge is -2.36. The first-order chi connectivity index (χ1) is 21.7. The molecule has 0 spiro atoms. The monoisotopic (exact) mass is 625 g/mol. The van der Waals surface area contributed by atoms with E-state index in [1.54, 1.807) is 4.57 Å². The minimum absolute atomic E-state index is 0.224. The molecule has 1 fully saturated rings. The fourth-order valence-electron chi connectivity index (χ4n) is 5.21. The van der Waals surface area contributed by atoms with E-state index in [2.05, 4.69) is 19.5 Å². The third-order valence-corrected chi connectivity index (χ3v) is 7.51. The van der Waals surface area contributed by atoms with Crippen LogP contribution in [0, 0.1) is 10.1 Å². The van der Waals surface area contributed by atoms with Gasteiger partial charge in [-0.1, -0.05) is 12.1 Å². The van der Waals surface area contributed by atoms with E-state index in [4.69, 9.17) is 14.2 Å². The summed E-state index contributed by atoms with van der Waals surface area (Å²) in [5.41, 5.74) is 2.25. The maximum atomic E-state index is 12.3. The minimum atomic E-state index is -4.73. The molecule has 3 heterocycles. The average Bonchev–Trinajstić information content (AvgIpc) is 3.46. The summed E-state index contributed by atoms with van der Waals surface area (Å²) >= 11 is 0. The number of piperazine rings is 1. The molecule has 45 heavy (non-hydrogen) atoms. The molecule has 1 saturated heterocycles. The van der Waals surface area contributed by atoms with Crippen molar-refractivity contribution in [1.82, 2.24) is 14.5 Å². The molecule has 0 radical (unpaired) electrons. The van der Waals surface area contributed by atoms with Crippen LogP contribution in [0.2, 0.25) is 0 Å². The Morgan fingerprint density at radius 3 is 2.13 bits per heavy atom. The molecule has 236 valence electrons. The molecule has 11 nitrogen and oxygen atoms in total. The number of rotatable bonds is 10. The van der Waals surface area contributed by atoms with Crippen molar-refractivity contribution in [2.45, 2.75) is 32.0 Å². The van der Waals surface area contributed by atoms with Gasteiger partial charge in [-0.05, 0) is 71.2 Å². The van der Waals surface area contributed by atoms with E-state index in [0.29, 0.717) is 31.1 Å². The molecule has 0 saturated carbocycles. The van der Waals surface area contributed by atoms with Gasteiger partial charge in [-0.2, -0.15) is 0 Å². The number of hydrogen-bond donors (Lipinski definition) is 0. The number of halogens is 3. The Morgan fingerprint density at radius 2 is 1.49 bits per heavy atom. The second-order valence-corrected chi connectivity index (χ2v) is 10.7. The van der Waals surface area contributed by atoms with Crippen molar-refractivity contribution in [3.63, 3.8) is 0 Å². The molecule has 0 unspecified atom stereocenters. The number of alkyl halides is 3. The number of imidazole rings is 1. The highest BCUT2D eigenvalue weighted by Gasteiger charge is 2.31. The summed E-state index contributed by atoms with van der Waals surface area (Å²) in [7, 11) is 0. The van der Waals surface area contributed by atoms with Gasteiger partial charge in [0, 0.05) is 56.4 Å². The minimum Gasteiger partial charge on any atom is -0.490 e. The molecular formula is C31H30F3N5O6. The lowest BCUT2D eigenvalue weighted by molar-refractivity contribution is -0.389. The molecule has 4 aromatic rings. The fourth-order valence-corrected chi connectivity index (χ4v) is 5.21. The van der Waals surface area contributed by atoms with E-state index in [1.165, 1.54) is 30.5 Å². The number of hydrogen-bond acceptors (Lipinski definition) is 9. The number of nitrogens with zero attached hydrogens (tertiary/aromatic N) is 5. The summed E-state index contributed by atoms with van der Waals surface area (Å²) in [6.07, 6.45) is -2.92. The molecular weight excluding hydrogens is 595 g/mol. The van der Waals surface area contributed by atoms with Crippen molar-refractivity contribution in [1.29, 1.82) is 0 Å². The maximum absolute atomic E-state index is 12.3. The van der Waals surface area contributed by atoms with E-state index in [1.807, 2.05) is 48.5 Å². The van der Waals surface area contributed by atoms with Crippen LogP contribution in [0.4, 0.5) is 24.7 Å². The second kappa shape index (κ2) is 12.9. The zero-order valence-corrected chi connectivity index (χ0v) is 24.1. The normalized spacial score (nSPS) is 16.9. The first-order valence-corrected chi connectivity index (χ1v) is 14.4. The number of fused-ring (bicyclic) bond motifs is 1. The average molecular weight is 626 g/mol. The van der Waals surface area contributed by atoms with Crippen molar-refractivity contribution >= 4 is 11.5 Å². The van der Waals surface area contributed by atoms with Gasteiger partial charge in [-0.15, -0.1) is 13.2 Å². The third-order valence-electron chi connectivity index (χ3n) is 7.51. The third kappa shape index (κ3) is 7.95. The molecule has 0 bridgehead atoms. The summed E-state index contributed by atoms with van der Waals surface area (Å²) in [6, 6.07) is 21.1. The summed E-state index contributed by atoms with van der Waals surface area (Å²) < 4.78 is 60.0. The van der Waals surface area contributed by atoms with Crippen molar-refractivity contribution in [2.24, 2.45) is 0 Å². The van der Waals surface area contributed by atoms with Crippen LogP contribution in [0.1, 0.15) is 12.0 Å². The lowest BCUT2D eigenvalue weighted by atomic mass is 10.1. The summed E-state index contributed by atoms with van der Waals surface area (Å²) in [5, 5.41) is 10.9.